The molecule has 1 aromatic carbocycles. The molecule has 2 aromatic rings. The number of hydrogen-bond acceptors (Lipinski definition) is 4. The van der Waals surface area contributed by atoms with Gasteiger partial charge in [0.2, 0.25) is 0 Å². The Kier molecular flexibility index (Phi) is 4.50. The number of aromatic nitrogens is 1. The molecule has 1 aromatic heterocycles. The highest BCUT2D eigenvalue weighted by Crippen LogP contribution is 2.26. The molecule has 1 heterocycles. The van der Waals surface area contributed by atoms with Crippen LogP contribution in [0.3, 0.4) is 0 Å². The van der Waals surface area contributed by atoms with Crippen molar-refractivity contribution in [1.29, 1.82) is 0 Å². The summed E-state index contributed by atoms with van der Waals surface area (Å²) in [5, 5.41) is 11.6. The lowest BCUT2D eigenvalue weighted by Gasteiger charge is -2.22. The topological polar surface area (TPSA) is 59.3 Å². The molecule has 0 aliphatic carbocycles. The maximum atomic E-state index is 11.0. The number of benzene rings is 1. The van der Waals surface area contributed by atoms with E-state index in [-0.39, 0.29) is 10.6 Å². The van der Waals surface area contributed by atoms with Gasteiger partial charge in [0.05, 0.1) is 15.8 Å². The van der Waals surface area contributed by atoms with E-state index in [2.05, 4.69) is 23.7 Å². The van der Waals surface area contributed by atoms with Crippen molar-refractivity contribution in [2.75, 3.05) is 18.0 Å². The molecule has 0 saturated heterocycles. The van der Waals surface area contributed by atoms with Crippen LogP contribution in [0.1, 0.15) is 26.7 Å². The van der Waals surface area contributed by atoms with Crippen LogP contribution in [0.25, 0.3) is 10.9 Å². The van der Waals surface area contributed by atoms with Crippen molar-refractivity contribution in [1.82, 2.24) is 4.98 Å². The number of pyridine rings is 1. The van der Waals surface area contributed by atoms with Gasteiger partial charge in [0.25, 0.3) is 5.69 Å². The number of hydrogen-bond donors (Lipinski definition) is 0. The Bertz CT molecular complexity index is 607. The van der Waals surface area contributed by atoms with Crippen molar-refractivity contribution in [3.05, 3.63) is 40.4 Å². The fourth-order valence-electron chi connectivity index (χ4n) is 2.34. The zero-order valence-electron chi connectivity index (χ0n) is 11.9. The van der Waals surface area contributed by atoms with Crippen LogP contribution in [0.15, 0.2) is 30.3 Å². The smallest absolute Gasteiger partial charge is 0.278 e. The third-order valence-electron chi connectivity index (χ3n) is 3.20. The lowest BCUT2D eigenvalue weighted by atomic mass is 10.2. The molecule has 0 aliphatic heterocycles. The van der Waals surface area contributed by atoms with Crippen LogP contribution >= 0.6 is 0 Å². The fourth-order valence-corrected chi connectivity index (χ4v) is 2.34. The van der Waals surface area contributed by atoms with Gasteiger partial charge >= 0.3 is 0 Å². The third kappa shape index (κ3) is 2.87. The molecule has 0 saturated carbocycles. The van der Waals surface area contributed by atoms with Crippen LogP contribution < -0.4 is 4.90 Å². The summed E-state index contributed by atoms with van der Waals surface area (Å²) < 4.78 is 0. The van der Waals surface area contributed by atoms with E-state index in [9.17, 15) is 10.1 Å². The summed E-state index contributed by atoms with van der Waals surface area (Å²) in [5.74, 6) is 0.890. The van der Waals surface area contributed by atoms with Crippen LogP contribution in [-0.2, 0) is 0 Å². The van der Waals surface area contributed by atoms with E-state index in [1.54, 1.807) is 12.1 Å². The van der Waals surface area contributed by atoms with E-state index in [1.807, 2.05) is 12.1 Å². The predicted octanol–water partition coefficient (Wildman–Crippen LogP) is 3.77. The zero-order chi connectivity index (χ0) is 14.5. The number of fused-ring (bicyclic) bond motifs is 1. The highest BCUT2D eigenvalue weighted by Gasteiger charge is 2.13. The van der Waals surface area contributed by atoms with E-state index in [1.165, 1.54) is 6.07 Å². The Labute approximate surface area is 118 Å². The summed E-state index contributed by atoms with van der Waals surface area (Å²) in [6.45, 7) is 6.16. The minimum Gasteiger partial charge on any atom is -0.357 e. The van der Waals surface area contributed by atoms with Crippen LogP contribution in [0.5, 0.6) is 0 Å². The lowest BCUT2D eigenvalue weighted by Crippen LogP contribution is -2.25. The molecule has 0 N–H and O–H groups in total. The monoisotopic (exact) mass is 273 g/mol. The molecule has 0 amide bonds. The van der Waals surface area contributed by atoms with Crippen molar-refractivity contribution >= 4 is 22.4 Å². The summed E-state index contributed by atoms with van der Waals surface area (Å²) in [4.78, 5) is 17.4. The first-order valence-electron chi connectivity index (χ1n) is 6.96. The second-order valence-corrected chi connectivity index (χ2v) is 4.76. The second-order valence-electron chi connectivity index (χ2n) is 4.76. The van der Waals surface area contributed by atoms with Crippen molar-refractivity contribution < 1.29 is 4.92 Å². The number of rotatable bonds is 6. The first-order valence-corrected chi connectivity index (χ1v) is 6.96. The van der Waals surface area contributed by atoms with Gasteiger partial charge in [-0.25, -0.2) is 4.98 Å². The van der Waals surface area contributed by atoms with Gasteiger partial charge < -0.3 is 4.90 Å². The number of nitro groups is 1. The Hall–Kier alpha value is -2.17. The number of nitrogens with zero attached hydrogens (tertiary/aromatic N) is 3. The van der Waals surface area contributed by atoms with Gasteiger partial charge in [-0.3, -0.25) is 10.1 Å². The molecule has 20 heavy (non-hydrogen) atoms. The first-order chi connectivity index (χ1) is 9.67. The van der Waals surface area contributed by atoms with E-state index < -0.39 is 0 Å². The van der Waals surface area contributed by atoms with Gasteiger partial charge in [-0.15, -0.1) is 0 Å². The van der Waals surface area contributed by atoms with Gasteiger partial charge in [0, 0.05) is 19.2 Å². The molecule has 2 rings (SSSR count). The minimum absolute atomic E-state index is 0.110. The highest BCUT2D eigenvalue weighted by molar-refractivity contribution is 5.88. The molecule has 0 spiro atoms. The summed E-state index contributed by atoms with van der Waals surface area (Å²) >= 11 is 0. The Balaban J connectivity index is 2.45. The SMILES string of the molecule is CCCN(CCC)c1ccc2c([N+](=O)[O-])cccc2n1. The maximum absolute atomic E-state index is 11.0. The highest BCUT2D eigenvalue weighted by atomic mass is 16.6. The van der Waals surface area contributed by atoms with E-state index in [0.717, 1.165) is 31.7 Å². The van der Waals surface area contributed by atoms with Gasteiger partial charge in [-0.05, 0) is 31.0 Å². The molecule has 0 aliphatic rings. The average Bonchev–Trinajstić information content (AvgIpc) is 2.45. The predicted molar refractivity (Wildman–Crippen MR) is 81.2 cm³/mol. The molecule has 5 nitrogen and oxygen atoms in total. The Morgan fingerprint density at radius 1 is 1.15 bits per heavy atom. The molecule has 0 unspecified atom stereocenters. The van der Waals surface area contributed by atoms with Crippen molar-refractivity contribution in [2.24, 2.45) is 0 Å². The van der Waals surface area contributed by atoms with Crippen LogP contribution in [-0.4, -0.2) is 23.0 Å². The van der Waals surface area contributed by atoms with Crippen molar-refractivity contribution in [3.63, 3.8) is 0 Å². The van der Waals surface area contributed by atoms with E-state index in [0.29, 0.717) is 10.9 Å². The lowest BCUT2D eigenvalue weighted by molar-refractivity contribution is -0.383. The van der Waals surface area contributed by atoms with Crippen LogP contribution in [0.2, 0.25) is 0 Å². The summed E-state index contributed by atoms with van der Waals surface area (Å²) in [6.07, 6.45) is 2.10. The summed E-state index contributed by atoms with van der Waals surface area (Å²) in [7, 11) is 0. The Morgan fingerprint density at radius 2 is 1.85 bits per heavy atom. The standard InChI is InChI=1S/C15H19N3O2/c1-3-10-17(11-4-2)15-9-8-12-13(16-15)6-5-7-14(12)18(19)20/h5-9H,3-4,10-11H2,1-2H3. The molecule has 0 atom stereocenters. The van der Waals surface area contributed by atoms with Gasteiger partial charge in [0.15, 0.2) is 0 Å². The summed E-state index contributed by atoms with van der Waals surface area (Å²) in [5.41, 5.74) is 0.785. The first kappa shape index (κ1) is 14.2. The maximum Gasteiger partial charge on any atom is 0.278 e. The minimum atomic E-state index is -0.362. The zero-order valence-corrected chi connectivity index (χ0v) is 11.9. The largest absolute Gasteiger partial charge is 0.357 e. The van der Waals surface area contributed by atoms with E-state index in [4.69, 9.17) is 0 Å². The molecule has 106 valence electrons. The van der Waals surface area contributed by atoms with Gasteiger partial charge in [0.1, 0.15) is 5.82 Å². The quantitative estimate of drug-likeness (QED) is 0.593. The molecule has 0 fully saturated rings. The van der Waals surface area contributed by atoms with Gasteiger partial charge in [-0.2, -0.15) is 0 Å². The molecular weight excluding hydrogens is 254 g/mol. The molecule has 5 heteroatoms. The summed E-state index contributed by atoms with van der Waals surface area (Å²) in [6, 6.07) is 8.69. The molecule has 0 radical (unpaired) electrons. The molecule has 0 bridgehead atoms. The number of anilines is 1. The number of nitro benzene ring substituents is 1. The van der Waals surface area contributed by atoms with Gasteiger partial charge in [-0.1, -0.05) is 19.9 Å². The Morgan fingerprint density at radius 3 is 2.45 bits per heavy atom. The second kappa shape index (κ2) is 6.32. The normalized spacial score (nSPS) is 10.7. The average molecular weight is 273 g/mol. The van der Waals surface area contributed by atoms with Crippen molar-refractivity contribution in [3.8, 4) is 0 Å². The van der Waals surface area contributed by atoms with Crippen molar-refractivity contribution in [2.45, 2.75) is 26.7 Å². The van der Waals surface area contributed by atoms with Crippen LogP contribution in [0.4, 0.5) is 11.5 Å². The van der Waals surface area contributed by atoms with E-state index >= 15 is 0 Å². The fraction of sp³-hybridized carbons (Fsp3) is 0.400. The molecular formula is C15H19N3O2. The third-order valence-corrected chi connectivity index (χ3v) is 3.20. The number of non-ortho nitro benzene ring substituents is 1. The van der Waals surface area contributed by atoms with Crippen LogP contribution in [0, 0.1) is 10.1 Å².